The molecule has 1 unspecified atom stereocenters. The molecule has 2 N–H and O–H groups in total. The molecule has 0 bridgehead atoms. The van der Waals surface area contributed by atoms with Crippen LogP contribution in [0.15, 0.2) is 36.5 Å². The number of carbonyl (C=O) groups excluding carboxylic acids is 1. The van der Waals surface area contributed by atoms with Crippen molar-refractivity contribution in [2.75, 3.05) is 36.4 Å². The molecule has 1 aromatic heterocycles. The van der Waals surface area contributed by atoms with Gasteiger partial charge in [0, 0.05) is 43.4 Å². The van der Waals surface area contributed by atoms with Crippen LogP contribution in [0.3, 0.4) is 0 Å². The van der Waals surface area contributed by atoms with E-state index in [4.69, 9.17) is 0 Å². The number of benzene rings is 1. The van der Waals surface area contributed by atoms with Crippen molar-refractivity contribution < 1.29 is 18.7 Å². The first-order chi connectivity index (χ1) is 15.5. The summed E-state index contributed by atoms with van der Waals surface area (Å²) in [7, 11) is 0. The van der Waals surface area contributed by atoms with Gasteiger partial charge in [-0.25, -0.2) is 18.6 Å². The Kier molecular flexibility index (Phi) is 6.31. The Morgan fingerprint density at radius 3 is 2.48 bits per heavy atom. The third-order valence-corrected chi connectivity index (χ3v) is 6.83. The number of likely N-dealkylation sites (tertiary alicyclic amines) is 1. The van der Waals surface area contributed by atoms with Gasteiger partial charge in [-0.05, 0) is 51.7 Å². The van der Waals surface area contributed by atoms with Gasteiger partial charge in [0.05, 0.1) is 17.8 Å². The number of nitrogens with one attached hydrogen (secondary N) is 1. The number of rotatable bonds is 4. The standard InChI is InChI=1S/C25H32F2N4O2/c1-24(2,33)17-9-13-30(14-10-17)23(32)29-21-19(18-6-4-5-7-20(18)26)8-12-28-22(21)31-15-11-25(3,27)16-31/h4-8,12,17,33H,9-11,13-16H2,1-3H3,(H,29,32). The number of amides is 2. The molecule has 2 aliphatic heterocycles. The van der Waals surface area contributed by atoms with Crippen molar-refractivity contribution in [3.8, 4) is 11.1 Å². The Labute approximate surface area is 193 Å². The summed E-state index contributed by atoms with van der Waals surface area (Å²) < 4.78 is 29.3. The van der Waals surface area contributed by atoms with Crippen molar-refractivity contribution in [3.63, 3.8) is 0 Å². The van der Waals surface area contributed by atoms with Crippen molar-refractivity contribution in [2.45, 2.75) is 51.3 Å². The van der Waals surface area contributed by atoms with Gasteiger partial charge in [-0.2, -0.15) is 0 Å². The number of anilines is 2. The summed E-state index contributed by atoms with van der Waals surface area (Å²) in [6.45, 7) is 6.78. The normalized spacial score (nSPS) is 22.0. The lowest BCUT2D eigenvalue weighted by Crippen LogP contribution is -2.45. The van der Waals surface area contributed by atoms with Crippen LogP contribution in [0.2, 0.25) is 0 Å². The SMILES string of the molecule is CC1(F)CCN(c2nccc(-c3ccccc3F)c2NC(=O)N2CCC(C(C)(C)O)CC2)C1. The van der Waals surface area contributed by atoms with Crippen LogP contribution in [-0.4, -0.2) is 58.5 Å². The number of aromatic nitrogens is 1. The first-order valence-electron chi connectivity index (χ1n) is 11.5. The molecule has 33 heavy (non-hydrogen) atoms. The van der Waals surface area contributed by atoms with Crippen LogP contribution in [0.5, 0.6) is 0 Å². The van der Waals surface area contributed by atoms with Crippen LogP contribution in [-0.2, 0) is 0 Å². The molecule has 8 heteroatoms. The van der Waals surface area contributed by atoms with E-state index in [0.29, 0.717) is 61.5 Å². The van der Waals surface area contributed by atoms with Crippen molar-refractivity contribution in [1.82, 2.24) is 9.88 Å². The summed E-state index contributed by atoms with van der Waals surface area (Å²) in [6.07, 6.45) is 3.32. The highest BCUT2D eigenvalue weighted by molar-refractivity contribution is 5.99. The number of pyridine rings is 1. The molecule has 1 aromatic carbocycles. The van der Waals surface area contributed by atoms with Crippen molar-refractivity contribution in [3.05, 3.63) is 42.3 Å². The molecule has 1 atom stereocenters. The molecule has 4 rings (SSSR count). The van der Waals surface area contributed by atoms with Crippen molar-refractivity contribution in [1.29, 1.82) is 0 Å². The van der Waals surface area contributed by atoms with Gasteiger partial charge in [0.1, 0.15) is 11.5 Å². The maximum absolute atomic E-state index is 14.7. The van der Waals surface area contributed by atoms with E-state index < -0.39 is 17.1 Å². The minimum atomic E-state index is -1.35. The summed E-state index contributed by atoms with van der Waals surface area (Å²) in [5.41, 5.74) is -0.901. The maximum atomic E-state index is 14.7. The van der Waals surface area contributed by atoms with Crippen molar-refractivity contribution in [2.24, 2.45) is 5.92 Å². The van der Waals surface area contributed by atoms with E-state index in [1.807, 2.05) is 0 Å². The second-order valence-corrected chi connectivity index (χ2v) is 9.97. The number of aliphatic hydroxyl groups is 1. The van der Waals surface area contributed by atoms with Gasteiger partial charge in [0.25, 0.3) is 0 Å². The topological polar surface area (TPSA) is 68.7 Å². The molecule has 2 amide bonds. The predicted molar refractivity (Wildman–Crippen MR) is 126 cm³/mol. The third-order valence-electron chi connectivity index (χ3n) is 6.83. The Morgan fingerprint density at radius 1 is 1.18 bits per heavy atom. The van der Waals surface area contributed by atoms with Crippen LogP contribution >= 0.6 is 0 Å². The first-order valence-corrected chi connectivity index (χ1v) is 11.5. The zero-order chi connectivity index (χ0) is 23.8. The van der Waals surface area contributed by atoms with E-state index >= 15 is 0 Å². The van der Waals surface area contributed by atoms with Gasteiger partial charge >= 0.3 is 6.03 Å². The third kappa shape index (κ3) is 5.11. The van der Waals surface area contributed by atoms with Gasteiger partial charge in [0.15, 0.2) is 5.82 Å². The molecule has 178 valence electrons. The van der Waals surface area contributed by atoms with Crippen LogP contribution in [0.1, 0.15) is 40.0 Å². The lowest BCUT2D eigenvalue weighted by Gasteiger charge is -2.38. The zero-order valence-corrected chi connectivity index (χ0v) is 19.4. The molecule has 0 radical (unpaired) electrons. The fourth-order valence-corrected chi connectivity index (χ4v) is 4.80. The Bertz CT molecular complexity index is 1010. The quantitative estimate of drug-likeness (QED) is 0.688. The predicted octanol–water partition coefficient (Wildman–Crippen LogP) is 4.84. The largest absolute Gasteiger partial charge is 0.390 e. The minimum absolute atomic E-state index is 0.122. The van der Waals surface area contributed by atoms with E-state index in [-0.39, 0.29) is 18.5 Å². The molecule has 3 heterocycles. The van der Waals surface area contributed by atoms with Gasteiger partial charge in [-0.3, -0.25) is 0 Å². The highest BCUT2D eigenvalue weighted by Crippen LogP contribution is 2.39. The van der Waals surface area contributed by atoms with Gasteiger partial charge in [0.2, 0.25) is 0 Å². The molecule has 6 nitrogen and oxygen atoms in total. The van der Waals surface area contributed by atoms with Crippen LogP contribution in [0, 0.1) is 11.7 Å². The average Bonchev–Trinajstić information content (AvgIpc) is 3.13. The number of carbonyl (C=O) groups is 1. The summed E-state index contributed by atoms with van der Waals surface area (Å²) in [6, 6.07) is 7.74. The fraction of sp³-hybridized carbons (Fsp3) is 0.520. The molecule has 2 aliphatic rings. The van der Waals surface area contributed by atoms with E-state index in [2.05, 4.69) is 10.3 Å². The van der Waals surface area contributed by atoms with E-state index in [0.717, 1.165) is 0 Å². The number of urea groups is 1. The second-order valence-electron chi connectivity index (χ2n) is 9.97. The first kappa shape index (κ1) is 23.4. The summed E-state index contributed by atoms with van der Waals surface area (Å²) in [5.74, 6) is 0.154. The van der Waals surface area contributed by atoms with Crippen molar-refractivity contribution >= 4 is 17.5 Å². The number of halogens is 2. The van der Waals surface area contributed by atoms with E-state index in [1.165, 1.54) is 6.07 Å². The number of hydrogen-bond donors (Lipinski definition) is 2. The smallest absolute Gasteiger partial charge is 0.321 e. The molecule has 0 spiro atoms. The van der Waals surface area contributed by atoms with Gasteiger partial charge in [-0.1, -0.05) is 18.2 Å². The van der Waals surface area contributed by atoms with Crippen LogP contribution in [0.25, 0.3) is 11.1 Å². The molecule has 2 saturated heterocycles. The molecule has 2 fully saturated rings. The Hall–Kier alpha value is -2.74. The summed E-state index contributed by atoms with van der Waals surface area (Å²) >= 11 is 0. The molecular weight excluding hydrogens is 426 g/mol. The Balaban J connectivity index is 1.64. The fourth-order valence-electron chi connectivity index (χ4n) is 4.80. The number of alkyl halides is 1. The van der Waals surface area contributed by atoms with E-state index in [1.54, 1.807) is 61.0 Å². The average molecular weight is 459 g/mol. The van der Waals surface area contributed by atoms with Gasteiger partial charge in [-0.15, -0.1) is 0 Å². The lowest BCUT2D eigenvalue weighted by molar-refractivity contribution is -0.00704. The highest BCUT2D eigenvalue weighted by atomic mass is 19.1. The number of piperidine rings is 1. The van der Waals surface area contributed by atoms with E-state index in [9.17, 15) is 18.7 Å². The maximum Gasteiger partial charge on any atom is 0.321 e. The lowest BCUT2D eigenvalue weighted by atomic mass is 9.83. The second kappa shape index (κ2) is 8.89. The molecule has 2 aromatic rings. The molecule has 0 saturated carbocycles. The number of nitrogens with zero attached hydrogens (tertiary/aromatic N) is 3. The summed E-state index contributed by atoms with van der Waals surface area (Å²) in [4.78, 5) is 21.2. The highest BCUT2D eigenvalue weighted by Gasteiger charge is 2.36. The molecular formula is C25H32F2N4O2. The zero-order valence-electron chi connectivity index (χ0n) is 19.4. The number of hydrogen-bond acceptors (Lipinski definition) is 4. The minimum Gasteiger partial charge on any atom is -0.390 e. The van der Waals surface area contributed by atoms with Crippen LogP contribution < -0.4 is 10.2 Å². The monoisotopic (exact) mass is 458 g/mol. The molecule has 0 aliphatic carbocycles. The van der Waals surface area contributed by atoms with Crippen LogP contribution in [0.4, 0.5) is 25.1 Å². The summed E-state index contributed by atoms with van der Waals surface area (Å²) in [5, 5.41) is 13.3. The Morgan fingerprint density at radius 2 is 1.88 bits per heavy atom. The van der Waals surface area contributed by atoms with Gasteiger partial charge < -0.3 is 20.2 Å².